The molecule has 722 valence electrons. The minimum absolute atomic E-state index is 0. The predicted octanol–water partition coefficient (Wildman–Crippen LogP) is 26.3. The normalized spacial score (nSPS) is 12.1. The summed E-state index contributed by atoms with van der Waals surface area (Å²) < 4.78 is 138. The monoisotopic (exact) mass is 2160 g/mol. The van der Waals surface area contributed by atoms with Crippen molar-refractivity contribution in [1.82, 2.24) is 13.7 Å². The van der Waals surface area contributed by atoms with Crippen LogP contribution < -0.4 is 31.8 Å². The lowest BCUT2D eigenvalue weighted by Gasteiger charge is -2.36. The molecular formula is C112H118Br4F6N8O6S2+2. The van der Waals surface area contributed by atoms with Gasteiger partial charge in [0.25, 0.3) is 0 Å². The van der Waals surface area contributed by atoms with Gasteiger partial charge in [0.2, 0.25) is 0 Å². The van der Waals surface area contributed by atoms with E-state index in [1.54, 1.807) is 6.07 Å². The van der Waals surface area contributed by atoms with Crippen LogP contribution in [0.4, 0.5) is 43.4 Å². The molecule has 138 heavy (non-hydrogen) atoms. The molecule has 0 radical (unpaired) electrons. The summed E-state index contributed by atoms with van der Waals surface area (Å²) in [5, 5.41) is 6.56. The van der Waals surface area contributed by atoms with E-state index in [9.17, 15) is 34.8 Å². The summed E-state index contributed by atoms with van der Waals surface area (Å²) in [6, 6.07) is 100.0. The third-order valence-electron chi connectivity index (χ3n) is 26.6. The molecule has 0 aliphatic heterocycles. The van der Waals surface area contributed by atoms with E-state index in [1.165, 1.54) is 140 Å². The van der Waals surface area contributed by atoms with Crippen LogP contribution >= 0.6 is 47.8 Å². The van der Waals surface area contributed by atoms with Gasteiger partial charge in [-0.2, -0.15) is 34.8 Å². The molecule has 0 amide bonds. The fourth-order valence-corrected chi connectivity index (χ4v) is 19.4. The third kappa shape index (κ3) is 23.8. The van der Waals surface area contributed by atoms with Crippen molar-refractivity contribution in [2.75, 3.05) is 65.3 Å². The molecule has 0 aliphatic carbocycles. The highest BCUT2D eigenvalue weighted by molar-refractivity contribution is 9.11. The van der Waals surface area contributed by atoms with Crippen molar-refractivity contribution < 1.29 is 88.1 Å². The van der Waals surface area contributed by atoms with Crippen molar-refractivity contribution in [2.24, 2.45) is 0 Å². The van der Waals surface area contributed by atoms with Crippen LogP contribution in [0.3, 0.4) is 0 Å². The molecule has 0 atom stereocenters. The maximum absolute atomic E-state index is 12.9. The van der Waals surface area contributed by atoms with Gasteiger partial charge in [0, 0.05) is 96.4 Å². The molecule has 0 saturated heterocycles. The highest BCUT2D eigenvalue weighted by Crippen LogP contribution is 2.44. The molecule has 26 heteroatoms. The Kier molecular flexibility index (Phi) is 33.8. The lowest BCUT2D eigenvalue weighted by Crippen LogP contribution is -3.00. The van der Waals surface area contributed by atoms with E-state index < -0.39 is 31.3 Å². The van der Waals surface area contributed by atoms with Gasteiger partial charge in [0.15, 0.2) is 10.1 Å². The standard InChI is InChI=1S/C39H41N2.C27H30F3N2O3S.C26H31Br2N2.C19H15BrN2.CHF3O3S.BrH/c1-6-41(7-2,8-3)27-30-23-28(4)39(29(5)24-30)40-37-21-19-33(31-15-11-9-12-16-31)25-35(37)36-26-34(20-22-38(36)40)32-17-13-10-14-18-32;1-7-32(5,6)16-24-18(3)13-20(14-19(24)4)31-25-10-8-17(2)12-22(25)23-15-21(9-11-26(23)31)35-36(33,34)27(28,29)30;1-6-30(5,7-2)18-26-19(3)16-25(17-20(26)4)29(23-12-8-21(27)9-13-23)24-14-10-22(28)11-15-24;20-14-6-8-15(9-7-14)22-18-4-2-1-3-16(18)17-11-13(12-21)5-10-19(17)22;2-1(3,4)8(5,6)7;/h9-26H,6-8,27H2,1-5H3;8-15H,7,16H2,1-6H3;8-17H,6-7,18H2,1-5H3;1-11H,12,21H2;(H,5,6,7);1H/q3*+1;;;/p-1. The van der Waals surface area contributed by atoms with Gasteiger partial charge in [0.05, 0.1) is 106 Å². The van der Waals surface area contributed by atoms with Gasteiger partial charge < -0.3 is 63.5 Å². The van der Waals surface area contributed by atoms with Crippen LogP contribution in [-0.4, -0.2) is 120 Å². The van der Waals surface area contributed by atoms with Crippen LogP contribution in [-0.2, 0) is 46.4 Å². The molecule has 14 nitrogen and oxygen atoms in total. The van der Waals surface area contributed by atoms with Gasteiger partial charge in [0.1, 0.15) is 25.4 Å². The summed E-state index contributed by atoms with van der Waals surface area (Å²) in [6.07, 6.45) is 0. The molecular weight excluding hydrogens is 2050 g/mol. The first-order valence-electron chi connectivity index (χ1n) is 45.9. The maximum Gasteiger partial charge on any atom is 0.534 e. The molecule has 0 bridgehead atoms. The number of benzene rings is 14. The van der Waals surface area contributed by atoms with Gasteiger partial charge in [-0.3, -0.25) is 0 Å². The van der Waals surface area contributed by atoms with E-state index in [1.807, 2.05) is 25.1 Å². The van der Waals surface area contributed by atoms with Crippen molar-refractivity contribution in [2.45, 2.75) is 127 Å². The number of nitrogens with zero attached hydrogens (tertiary/aromatic N) is 7. The molecule has 3 aromatic heterocycles. The first kappa shape index (κ1) is 106. The minimum Gasteiger partial charge on any atom is -1.00 e. The van der Waals surface area contributed by atoms with Crippen molar-refractivity contribution >= 4 is 151 Å². The van der Waals surface area contributed by atoms with Gasteiger partial charge in [-0.15, -0.1) is 0 Å². The Morgan fingerprint density at radius 2 is 0.768 bits per heavy atom. The Morgan fingerprint density at radius 1 is 0.370 bits per heavy atom. The quantitative estimate of drug-likeness (QED) is 0.0221. The number of anilines is 3. The average Bonchev–Trinajstić information content (AvgIpc) is 1.59. The number of aryl methyl sites for hydroxylation is 7. The van der Waals surface area contributed by atoms with Crippen molar-refractivity contribution in [3.63, 3.8) is 0 Å². The SMILES string of the molecule is CC[N+](C)(C)Cc1c(C)cc(-n2c3ccc(C)cc3c3cc(OS(=O)(=O)C(F)(F)F)ccc32)cc1C.CC[N+](C)(CC)Cc1c(C)cc(N(c2ccc(Br)cc2)c2ccc(Br)cc2)cc1C.CC[N+](CC)(CC)Cc1cc(C)c(-n2c3ccc(-c4ccccc4)cc3c3cc(-c4ccccc4)ccc32)c(C)c1.O=S(=O)([O-])C(F)(F)F.[Br-].[NH3+]Cc1ccc2c(c1)c1ccccc1n2-c1ccc(Br)cc1. The molecule has 0 spiro atoms. The Morgan fingerprint density at radius 3 is 1.22 bits per heavy atom. The van der Waals surface area contributed by atoms with E-state index in [-0.39, 0.29) is 22.7 Å². The summed E-state index contributed by atoms with van der Waals surface area (Å²) in [5.41, 5.74) is 25.5. The van der Waals surface area contributed by atoms with Crippen LogP contribution in [0.25, 0.3) is 105 Å². The summed E-state index contributed by atoms with van der Waals surface area (Å²) in [7, 11) is -5.12. The number of alkyl halides is 6. The second-order valence-corrected chi connectivity index (χ2v) is 41.8. The van der Waals surface area contributed by atoms with Crippen LogP contribution in [0.5, 0.6) is 5.75 Å². The van der Waals surface area contributed by atoms with E-state index >= 15 is 0 Å². The van der Waals surface area contributed by atoms with Gasteiger partial charge >= 0.3 is 21.1 Å². The first-order chi connectivity index (χ1) is 64.9. The number of hydrogen-bond donors (Lipinski definition) is 1. The zero-order chi connectivity index (χ0) is 99.2. The zero-order valence-corrected chi connectivity index (χ0v) is 88.6. The fraction of sp³-hybridized carbons (Fsp3) is 0.250. The zero-order valence-electron chi connectivity index (χ0n) is 80.6. The third-order valence-corrected chi connectivity index (χ3v) is 29.7. The summed E-state index contributed by atoms with van der Waals surface area (Å²) in [5.74, 6) is -0.386. The summed E-state index contributed by atoms with van der Waals surface area (Å²) in [6.45, 7) is 39.5. The van der Waals surface area contributed by atoms with E-state index in [0.717, 1.165) is 142 Å². The van der Waals surface area contributed by atoms with Crippen LogP contribution in [0.1, 0.15) is 103 Å². The van der Waals surface area contributed by atoms with Crippen molar-refractivity contribution in [3.05, 3.63) is 360 Å². The van der Waals surface area contributed by atoms with Crippen LogP contribution in [0.2, 0.25) is 0 Å². The van der Waals surface area contributed by atoms with Gasteiger partial charge in [-0.25, -0.2) is 8.42 Å². The molecule has 0 fully saturated rings. The second-order valence-electron chi connectivity index (χ2n) is 36.1. The Labute approximate surface area is 842 Å². The van der Waals surface area contributed by atoms with Crippen LogP contribution in [0.15, 0.2) is 299 Å². The summed E-state index contributed by atoms with van der Waals surface area (Å²) >= 11 is 10.6. The fourth-order valence-electron chi connectivity index (χ4n) is 18.1. The lowest BCUT2D eigenvalue weighted by atomic mass is 9.99. The smallest absolute Gasteiger partial charge is 0.534 e. The Balaban J connectivity index is 0.000000163. The highest BCUT2D eigenvalue weighted by atomic mass is 79.9. The Bertz CT molecular complexity index is 7260. The molecule has 3 heterocycles. The average molecular weight is 2170 g/mol. The number of fused-ring (bicyclic) bond motifs is 9. The molecule has 0 saturated carbocycles. The van der Waals surface area contributed by atoms with E-state index in [4.69, 9.17) is 13.0 Å². The molecule has 17 rings (SSSR count). The maximum atomic E-state index is 12.9. The first-order valence-corrected chi connectivity index (χ1v) is 51.1. The topological polar surface area (TPSA) is 146 Å². The van der Waals surface area contributed by atoms with Crippen molar-refractivity contribution in [3.8, 4) is 45.1 Å². The molecule has 17 aromatic rings. The number of aromatic nitrogens is 3. The molecule has 0 unspecified atom stereocenters. The number of rotatable bonds is 23. The van der Waals surface area contributed by atoms with E-state index in [0.29, 0.717) is 5.39 Å². The largest absolute Gasteiger partial charge is 1.00 e. The minimum atomic E-state index is -6.09. The number of hydrogen-bond acceptors (Lipinski definition) is 7. The molecule has 14 aromatic carbocycles. The van der Waals surface area contributed by atoms with Gasteiger partial charge in [-0.1, -0.05) is 156 Å². The number of quaternary nitrogens is 4. The lowest BCUT2D eigenvalue weighted by molar-refractivity contribution is -0.936. The van der Waals surface area contributed by atoms with E-state index in [2.05, 4.69) is 429 Å². The summed E-state index contributed by atoms with van der Waals surface area (Å²) in [4.78, 5) is 2.33. The van der Waals surface area contributed by atoms with Crippen LogP contribution in [0, 0.1) is 48.5 Å². The van der Waals surface area contributed by atoms with Crippen molar-refractivity contribution in [1.29, 1.82) is 0 Å². The number of para-hydroxylation sites is 1. The predicted molar refractivity (Wildman–Crippen MR) is 561 cm³/mol. The molecule has 0 aliphatic rings. The van der Waals surface area contributed by atoms with Gasteiger partial charge in [-0.05, 0) is 328 Å². The Hall–Kier alpha value is -10.7. The molecule has 3 N–H and O–H groups in total. The second kappa shape index (κ2) is 44.0. The highest BCUT2D eigenvalue weighted by Gasteiger charge is 2.49. The number of halogens is 10.